The Morgan fingerprint density at radius 3 is 2.37 bits per heavy atom. The van der Waals surface area contributed by atoms with Gasteiger partial charge in [0.05, 0.1) is 18.3 Å². The second-order valence-corrected chi connectivity index (χ2v) is 7.83. The average molecular weight is 376 g/mol. The highest BCUT2D eigenvalue weighted by Gasteiger charge is 2.46. The van der Waals surface area contributed by atoms with E-state index in [0.29, 0.717) is 18.8 Å². The van der Waals surface area contributed by atoms with Crippen LogP contribution in [-0.4, -0.2) is 47.8 Å². The van der Waals surface area contributed by atoms with Crippen LogP contribution in [-0.2, 0) is 23.9 Å². The summed E-state index contributed by atoms with van der Waals surface area (Å²) in [5.41, 5.74) is 0. The fourth-order valence-electron chi connectivity index (χ4n) is 4.29. The second kappa shape index (κ2) is 8.67. The smallest absolute Gasteiger partial charge is 0.308 e. The first-order valence-corrected chi connectivity index (χ1v) is 9.92. The first kappa shape index (κ1) is 19.6. The van der Waals surface area contributed by atoms with Crippen LogP contribution in [0.2, 0.25) is 0 Å². The highest BCUT2D eigenvalue weighted by atomic mass is 16.5. The molecule has 0 aromatic carbocycles. The van der Waals surface area contributed by atoms with Crippen molar-refractivity contribution in [3.05, 3.63) is 12.2 Å². The minimum atomic E-state index is -0.574. The summed E-state index contributed by atoms with van der Waals surface area (Å²) in [4.78, 5) is 49.8. The number of carbonyl (C=O) groups excluding carboxylic acids is 4. The molecule has 0 aromatic rings. The van der Waals surface area contributed by atoms with Crippen LogP contribution >= 0.6 is 0 Å². The number of carbonyl (C=O) groups is 4. The molecule has 3 amide bonds. The molecule has 0 spiro atoms. The molecule has 7 nitrogen and oxygen atoms in total. The Labute approximate surface area is 159 Å². The third-order valence-electron chi connectivity index (χ3n) is 5.96. The van der Waals surface area contributed by atoms with E-state index in [9.17, 15) is 19.2 Å². The minimum Gasteiger partial charge on any atom is -0.456 e. The number of hydrogen-bond acceptors (Lipinski definition) is 5. The highest BCUT2D eigenvalue weighted by molar-refractivity contribution is 6.05. The molecule has 0 unspecified atom stereocenters. The molecule has 3 rings (SSSR count). The lowest BCUT2D eigenvalue weighted by molar-refractivity contribution is -0.150. The summed E-state index contributed by atoms with van der Waals surface area (Å²) >= 11 is 0. The van der Waals surface area contributed by atoms with Gasteiger partial charge in [-0.3, -0.25) is 24.1 Å². The minimum absolute atomic E-state index is 0.0186. The zero-order chi connectivity index (χ0) is 19.4. The summed E-state index contributed by atoms with van der Waals surface area (Å²) in [5.74, 6) is -1.42. The van der Waals surface area contributed by atoms with Gasteiger partial charge in [-0.1, -0.05) is 31.9 Å². The van der Waals surface area contributed by atoms with Crippen LogP contribution in [0.25, 0.3) is 0 Å². The Morgan fingerprint density at radius 1 is 1.11 bits per heavy atom. The van der Waals surface area contributed by atoms with Crippen molar-refractivity contribution in [3.63, 3.8) is 0 Å². The zero-order valence-corrected chi connectivity index (χ0v) is 15.8. The lowest BCUT2D eigenvalue weighted by Gasteiger charge is -2.29. The van der Waals surface area contributed by atoms with Crippen LogP contribution in [0.4, 0.5) is 0 Å². The zero-order valence-electron chi connectivity index (χ0n) is 15.8. The van der Waals surface area contributed by atoms with Crippen LogP contribution in [0.15, 0.2) is 12.2 Å². The van der Waals surface area contributed by atoms with E-state index in [2.05, 4.69) is 12.2 Å². The summed E-state index contributed by atoms with van der Waals surface area (Å²) in [6.07, 6.45) is 9.27. The first-order valence-electron chi connectivity index (χ1n) is 9.92. The van der Waals surface area contributed by atoms with Crippen molar-refractivity contribution < 1.29 is 23.9 Å². The molecule has 4 atom stereocenters. The largest absolute Gasteiger partial charge is 0.456 e. The van der Waals surface area contributed by atoms with E-state index in [4.69, 9.17) is 4.74 Å². The van der Waals surface area contributed by atoms with Crippen molar-refractivity contribution >= 4 is 23.7 Å². The van der Waals surface area contributed by atoms with Crippen LogP contribution in [0.5, 0.6) is 0 Å². The summed E-state index contributed by atoms with van der Waals surface area (Å²) in [7, 11) is 0. The van der Waals surface area contributed by atoms with Crippen molar-refractivity contribution in [3.8, 4) is 0 Å². The van der Waals surface area contributed by atoms with Gasteiger partial charge in [0.25, 0.3) is 5.91 Å². The Balaban J connectivity index is 1.39. The van der Waals surface area contributed by atoms with Crippen LogP contribution in [0.3, 0.4) is 0 Å². The van der Waals surface area contributed by atoms with Gasteiger partial charge in [-0.05, 0) is 31.6 Å². The maximum absolute atomic E-state index is 12.3. The van der Waals surface area contributed by atoms with Crippen molar-refractivity contribution in [1.29, 1.82) is 0 Å². The summed E-state index contributed by atoms with van der Waals surface area (Å²) in [5, 5.41) is 2.93. The number of imide groups is 1. The van der Waals surface area contributed by atoms with Gasteiger partial charge in [0.2, 0.25) is 11.8 Å². The molecule has 1 aliphatic heterocycles. The number of fused-ring (bicyclic) bond motifs is 1. The fourth-order valence-corrected chi connectivity index (χ4v) is 4.29. The molecule has 1 saturated heterocycles. The Hall–Kier alpha value is -2.18. The molecule has 0 aromatic heterocycles. The number of rotatable bonds is 6. The lowest BCUT2D eigenvalue weighted by Crippen LogP contribution is -2.43. The van der Waals surface area contributed by atoms with Crippen LogP contribution in [0.1, 0.15) is 51.9 Å². The molecule has 148 valence electrons. The number of nitrogens with one attached hydrogen (secondary N) is 1. The maximum atomic E-state index is 12.3. The number of amides is 3. The predicted molar refractivity (Wildman–Crippen MR) is 97.2 cm³/mol. The van der Waals surface area contributed by atoms with Gasteiger partial charge >= 0.3 is 5.97 Å². The molecule has 3 aliphatic rings. The molecule has 1 saturated carbocycles. The highest BCUT2D eigenvalue weighted by Crippen LogP contribution is 2.35. The van der Waals surface area contributed by atoms with E-state index >= 15 is 0 Å². The predicted octanol–water partition coefficient (Wildman–Crippen LogP) is 1.57. The number of allylic oxidation sites excluding steroid dienone is 2. The maximum Gasteiger partial charge on any atom is 0.308 e. The Bertz CT molecular complexity index is 618. The molecule has 7 heteroatoms. The van der Waals surface area contributed by atoms with E-state index in [1.54, 1.807) is 0 Å². The van der Waals surface area contributed by atoms with E-state index in [-0.39, 0.29) is 55.2 Å². The monoisotopic (exact) mass is 376 g/mol. The summed E-state index contributed by atoms with van der Waals surface area (Å²) < 4.78 is 5.02. The summed E-state index contributed by atoms with van der Waals surface area (Å²) in [6, 6.07) is 0.141. The number of hydrogen-bond donors (Lipinski definition) is 1. The first-order chi connectivity index (χ1) is 13.0. The molecule has 0 radical (unpaired) electrons. The van der Waals surface area contributed by atoms with E-state index in [0.717, 1.165) is 19.3 Å². The third kappa shape index (κ3) is 4.57. The quantitative estimate of drug-likeness (QED) is 0.431. The standard InChI is InChI=1S/C20H28N2O5/c1-13-6-2-5-9-16(13)21-17(23)12-27-18(24)10-11-22-19(25)14-7-3-4-8-15(14)20(22)26/h3-4,13-16H,2,5-12H2,1H3,(H,21,23)/t13-,14-,15+,16+/m1/s1. The number of likely N-dealkylation sites (tertiary alicyclic amines) is 1. The second-order valence-electron chi connectivity index (χ2n) is 7.83. The van der Waals surface area contributed by atoms with Crippen molar-refractivity contribution in [1.82, 2.24) is 10.2 Å². The van der Waals surface area contributed by atoms with Crippen molar-refractivity contribution in [2.45, 2.75) is 57.9 Å². The average Bonchev–Trinajstić information content (AvgIpc) is 2.91. The van der Waals surface area contributed by atoms with E-state index < -0.39 is 5.97 Å². The van der Waals surface area contributed by atoms with Gasteiger partial charge < -0.3 is 10.1 Å². The molecule has 1 N–H and O–H groups in total. The topological polar surface area (TPSA) is 92.8 Å². The van der Waals surface area contributed by atoms with E-state index in [1.807, 2.05) is 12.2 Å². The van der Waals surface area contributed by atoms with Crippen LogP contribution < -0.4 is 5.32 Å². The Kier molecular flexibility index (Phi) is 6.29. The Morgan fingerprint density at radius 2 is 1.74 bits per heavy atom. The molecular formula is C20H28N2O5. The van der Waals surface area contributed by atoms with Crippen LogP contribution in [0, 0.1) is 17.8 Å². The molecular weight excluding hydrogens is 348 g/mol. The normalized spacial score (nSPS) is 30.2. The van der Waals surface area contributed by atoms with Gasteiger partial charge in [-0.25, -0.2) is 0 Å². The van der Waals surface area contributed by atoms with Gasteiger partial charge in [0, 0.05) is 12.6 Å². The number of ether oxygens (including phenoxy) is 1. The van der Waals surface area contributed by atoms with Crippen molar-refractivity contribution in [2.24, 2.45) is 17.8 Å². The molecule has 2 aliphatic carbocycles. The van der Waals surface area contributed by atoms with E-state index in [1.165, 1.54) is 11.3 Å². The van der Waals surface area contributed by atoms with Gasteiger partial charge in [-0.15, -0.1) is 0 Å². The molecule has 27 heavy (non-hydrogen) atoms. The fraction of sp³-hybridized carbons (Fsp3) is 0.700. The summed E-state index contributed by atoms with van der Waals surface area (Å²) in [6.45, 7) is 1.82. The van der Waals surface area contributed by atoms with Gasteiger partial charge in [0.1, 0.15) is 0 Å². The van der Waals surface area contributed by atoms with Gasteiger partial charge in [0.15, 0.2) is 6.61 Å². The SMILES string of the molecule is C[C@@H]1CCCC[C@@H]1NC(=O)COC(=O)CCN1C(=O)[C@H]2CC=CC[C@H]2C1=O. The number of esters is 1. The number of nitrogens with zero attached hydrogens (tertiary/aromatic N) is 1. The molecule has 2 fully saturated rings. The molecule has 0 bridgehead atoms. The third-order valence-corrected chi connectivity index (χ3v) is 5.96. The lowest BCUT2D eigenvalue weighted by atomic mass is 9.85. The molecule has 1 heterocycles. The van der Waals surface area contributed by atoms with Gasteiger partial charge in [-0.2, -0.15) is 0 Å². The van der Waals surface area contributed by atoms with Crippen molar-refractivity contribution in [2.75, 3.05) is 13.2 Å².